The van der Waals surface area contributed by atoms with Gasteiger partial charge in [-0.2, -0.15) is 4.31 Å². The summed E-state index contributed by atoms with van der Waals surface area (Å²) in [6, 6.07) is 1.73. The topological polar surface area (TPSA) is 52.7 Å². The lowest BCUT2D eigenvalue weighted by Gasteiger charge is -2.19. The molecule has 0 radical (unpaired) electrons. The van der Waals surface area contributed by atoms with Gasteiger partial charge in [0.1, 0.15) is 4.90 Å². The van der Waals surface area contributed by atoms with Gasteiger partial charge in [-0.25, -0.2) is 8.42 Å². The van der Waals surface area contributed by atoms with Gasteiger partial charge in [0.05, 0.1) is 3.79 Å². The molecule has 0 atom stereocenters. The monoisotopic (exact) mass is 369 g/mol. The number of likely N-dealkylation sites (N-methyl/N-ethyl adjacent to an activating group) is 2. The molecule has 0 saturated heterocycles. The van der Waals surface area contributed by atoms with Crippen LogP contribution in [0.1, 0.15) is 4.88 Å². The Hall–Kier alpha value is 0.01000. The van der Waals surface area contributed by atoms with Crippen LogP contribution in [0.3, 0.4) is 0 Å². The molecule has 0 aromatic carbocycles. The normalized spacial score (nSPS) is 12.6. The zero-order valence-corrected chi connectivity index (χ0v) is 14.8. The van der Waals surface area contributed by atoms with Crippen LogP contribution in [0.15, 0.2) is 14.7 Å². The Morgan fingerprint density at radius 1 is 1.32 bits per heavy atom. The van der Waals surface area contributed by atoms with E-state index in [1.807, 2.05) is 26.0 Å². The molecule has 0 unspecified atom stereocenters. The number of hydrogen-bond acceptors (Lipinski definition) is 5. The summed E-state index contributed by atoms with van der Waals surface area (Å²) < 4.78 is 26.9. The van der Waals surface area contributed by atoms with E-state index in [2.05, 4.69) is 21.2 Å². The van der Waals surface area contributed by atoms with E-state index in [1.165, 1.54) is 15.6 Å². The third-order valence-corrected chi connectivity index (χ3v) is 6.72. The molecule has 19 heavy (non-hydrogen) atoms. The first kappa shape index (κ1) is 17.1. The minimum absolute atomic E-state index is 0.351. The van der Waals surface area contributed by atoms with Crippen molar-refractivity contribution in [2.24, 2.45) is 0 Å². The standard InChI is InChI=1S/C11H20BrN3O2S2/c1-13-8-9-7-10(11(12)18-9)19(16,17)15(4)6-5-14(2)3/h7,13H,5-6,8H2,1-4H3. The van der Waals surface area contributed by atoms with Gasteiger partial charge in [-0.15, -0.1) is 11.3 Å². The van der Waals surface area contributed by atoms with Crippen LogP contribution in [0.5, 0.6) is 0 Å². The van der Waals surface area contributed by atoms with E-state index >= 15 is 0 Å². The summed E-state index contributed by atoms with van der Waals surface area (Å²) in [4.78, 5) is 3.30. The first-order valence-electron chi connectivity index (χ1n) is 5.83. The van der Waals surface area contributed by atoms with E-state index in [4.69, 9.17) is 0 Å². The highest BCUT2D eigenvalue weighted by molar-refractivity contribution is 9.11. The van der Waals surface area contributed by atoms with Crippen LogP contribution in [-0.4, -0.2) is 58.9 Å². The minimum Gasteiger partial charge on any atom is -0.315 e. The van der Waals surface area contributed by atoms with Gasteiger partial charge in [0, 0.05) is 31.6 Å². The Bertz CT molecular complexity index is 514. The molecule has 1 aromatic heterocycles. The fourth-order valence-electron chi connectivity index (χ4n) is 1.46. The van der Waals surface area contributed by atoms with Crippen molar-refractivity contribution in [3.63, 3.8) is 0 Å². The van der Waals surface area contributed by atoms with Crippen molar-refractivity contribution < 1.29 is 8.42 Å². The molecule has 0 spiro atoms. The molecule has 1 N–H and O–H groups in total. The molecule has 1 aromatic rings. The zero-order chi connectivity index (χ0) is 14.6. The lowest BCUT2D eigenvalue weighted by atomic mass is 10.5. The lowest BCUT2D eigenvalue weighted by molar-refractivity contribution is 0.358. The van der Waals surface area contributed by atoms with Crippen molar-refractivity contribution in [2.75, 3.05) is 41.3 Å². The van der Waals surface area contributed by atoms with Gasteiger partial charge >= 0.3 is 0 Å². The molecular formula is C11H20BrN3O2S2. The predicted octanol–water partition coefficient (Wildman–Crippen LogP) is 1.41. The molecule has 0 aliphatic carbocycles. The molecule has 0 bridgehead atoms. The molecule has 0 amide bonds. The third kappa shape index (κ3) is 4.51. The van der Waals surface area contributed by atoms with Gasteiger partial charge in [-0.1, -0.05) is 0 Å². The highest BCUT2D eigenvalue weighted by Crippen LogP contribution is 2.33. The Kier molecular flexibility index (Phi) is 6.41. The number of rotatable bonds is 7. The van der Waals surface area contributed by atoms with Crippen LogP contribution in [0.25, 0.3) is 0 Å². The van der Waals surface area contributed by atoms with E-state index in [-0.39, 0.29) is 0 Å². The highest BCUT2D eigenvalue weighted by Gasteiger charge is 2.25. The van der Waals surface area contributed by atoms with Crippen molar-refractivity contribution in [2.45, 2.75) is 11.4 Å². The summed E-state index contributed by atoms with van der Waals surface area (Å²) in [5.41, 5.74) is 0. The molecule has 0 fully saturated rings. The summed E-state index contributed by atoms with van der Waals surface area (Å²) >= 11 is 4.79. The molecule has 5 nitrogen and oxygen atoms in total. The van der Waals surface area contributed by atoms with Gasteiger partial charge < -0.3 is 10.2 Å². The maximum Gasteiger partial charge on any atom is 0.244 e. The fraction of sp³-hybridized carbons (Fsp3) is 0.636. The van der Waals surface area contributed by atoms with Crippen molar-refractivity contribution in [3.05, 3.63) is 14.7 Å². The number of nitrogens with one attached hydrogen (secondary N) is 1. The van der Waals surface area contributed by atoms with Crippen molar-refractivity contribution in [1.29, 1.82) is 0 Å². The zero-order valence-electron chi connectivity index (χ0n) is 11.6. The van der Waals surface area contributed by atoms with E-state index in [9.17, 15) is 8.42 Å². The van der Waals surface area contributed by atoms with Crippen molar-refractivity contribution in [1.82, 2.24) is 14.5 Å². The molecular weight excluding hydrogens is 350 g/mol. The van der Waals surface area contributed by atoms with Crippen LogP contribution < -0.4 is 5.32 Å². The maximum atomic E-state index is 12.4. The Labute approximate surface area is 127 Å². The minimum atomic E-state index is -3.42. The van der Waals surface area contributed by atoms with Crippen LogP contribution in [0, 0.1) is 0 Å². The Morgan fingerprint density at radius 3 is 2.47 bits per heavy atom. The Balaban J connectivity index is 2.93. The molecule has 0 saturated carbocycles. The first-order valence-corrected chi connectivity index (χ1v) is 8.88. The van der Waals surface area contributed by atoms with E-state index in [0.29, 0.717) is 28.3 Å². The number of nitrogens with zero attached hydrogens (tertiary/aromatic N) is 2. The smallest absolute Gasteiger partial charge is 0.244 e. The average Bonchev–Trinajstić information content (AvgIpc) is 2.68. The van der Waals surface area contributed by atoms with E-state index < -0.39 is 10.0 Å². The van der Waals surface area contributed by atoms with E-state index in [0.717, 1.165) is 4.88 Å². The molecule has 1 heterocycles. The number of sulfonamides is 1. The van der Waals surface area contributed by atoms with Crippen LogP contribution >= 0.6 is 27.3 Å². The van der Waals surface area contributed by atoms with Crippen molar-refractivity contribution in [3.8, 4) is 0 Å². The van der Waals surface area contributed by atoms with Crippen molar-refractivity contribution >= 4 is 37.3 Å². The second kappa shape index (κ2) is 7.14. The molecule has 110 valence electrons. The lowest BCUT2D eigenvalue weighted by Crippen LogP contribution is -2.33. The number of halogens is 1. The predicted molar refractivity (Wildman–Crippen MR) is 83.2 cm³/mol. The second-order valence-corrected chi connectivity index (χ2v) is 8.98. The van der Waals surface area contributed by atoms with Gasteiger partial charge in [0.15, 0.2) is 0 Å². The summed E-state index contributed by atoms with van der Waals surface area (Å²) in [6.45, 7) is 1.83. The van der Waals surface area contributed by atoms with Gasteiger partial charge in [-0.05, 0) is 43.1 Å². The first-order chi connectivity index (χ1) is 8.78. The molecule has 0 aliphatic rings. The summed E-state index contributed by atoms with van der Waals surface area (Å²) in [7, 11) is 3.87. The second-order valence-electron chi connectivity index (χ2n) is 4.51. The number of hydrogen-bond donors (Lipinski definition) is 1. The fourth-order valence-corrected chi connectivity index (χ4v) is 5.27. The van der Waals surface area contributed by atoms with Gasteiger partial charge in [0.25, 0.3) is 0 Å². The maximum absolute atomic E-state index is 12.4. The van der Waals surface area contributed by atoms with Gasteiger partial charge in [-0.3, -0.25) is 0 Å². The summed E-state index contributed by atoms with van der Waals surface area (Å²) in [6.07, 6.45) is 0. The largest absolute Gasteiger partial charge is 0.315 e. The number of thiophene rings is 1. The summed E-state index contributed by atoms with van der Waals surface area (Å²) in [5, 5.41) is 3.02. The quantitative estimate of drug-likeness (QED) is 0.789. The summed E-state index contributed by atoms with van der Waals surface area (Å²) in [5.74, 6) is 0. The highest BCUT2D eigenvalue weighted by atomic mass is 79.9. The third-order valence-electron chi connectivity index (χ3n) is 2.61. The molecule has 8 heteroatoms. The SMILES string of the molecule is CNCc1cc(S(=O)(=O)N(C)CCN(C)C)c(Br)s1. The molecule has 0 aliphatic heterocycles. The Morgan fingerprint density at radius 2 is 1.95 bits per heavy atom. The average molecular weight is 370 g/mol. The van der Waals surface area contributed by atoms with Crippen LogP contribution in [-0.2, 0) is 16.6 Å². The van der Waals surface area contributed by atoms with Crippen LogP contribution in [0.2, 0.25) is 0 Å². The molecule has 1 rings (SSSR count). The van der Waals surface area contributed by atoms with Crippen LogP contribution in [0.4, 0.5) is 0 Å². The van der Waals surface area contributed by atoms with Gasteiger partial charge in [0.2, 0.25) is 10.0 Å². The van der Waals surface area contributed by atoms with E-state index in [1.54, 1.807) is 13.1 Å².